The van der Waals surface area contributed by atoms with Crippen molar-refractivity contribution in [3.63, 3.8) is 0 Å². The molecule has 2 bridgehead atoms. The molecular weight excluding hydrogens is 152 g/mol. The molecule has 0 amide bonds. The van der Waals surface area contributed by atoms with Gasteiger partial charge in [0, 0.05) is 0 Å². The molecule has 2 N–H and O–H groups in total. The van der Waals surface area contributed by atoms with E-state index >= 15 is 0 Å². The van der Waals surface area contributed by atoms with E-state index in [2.05, 4.69) is 13.8 Å². The van der Waals surface area contributed by atoms with Crippen LogP contribution in [0.15, 0.2) is 11.6 Å². The predicted molar refractivity (Wildman–Crippen MR) is 46.6 cm³/mol. The second-order valence-corrected chi connectivity index (χ2v) is 4.61. The van der Waals surface area contributed by atoms with Gasteiger partial charge in [0.05, 0.1) is 12.7 Å². The number of aliphatic hydroxyl groups is 2. The van der Waals surface area contributed by atoms with Gasteiger partial charge < -0.3 is 10.2 Å². The summed E-state index contributed by atoms with van der Waals surface area (Å²) in [6.07, 6.45) is 2.57. The second-order valence-electron chi connectivity index (χ2n) is 4.61. The van der Waals surface area contributed by atoms with Crippen LogP contribution < -0.4 is 0 Å². The van der Waals surface area contributed by atoms with E-state index < -0.39 is 0 Å². The van der Waals surface area contributed by atoms with Crippen molar-refractivity contribution in [1.29, 1.82) is 0 Å². The van der Waals surface area contributed by atoms with Crippen LogP contribution in [0, 0.1) is 17.3 Å². The lowest BCUT2D eigenvalue weighted by Gasteiger charge is -2.57. The monoisotopic (exact) mass is 168 g/mol. The Morgan fingerprint density at radius 3 is 2.67 bits per heavy atom. The highest BCUT2D eigenvalue weighted by atomic mass is 16.3. The van der Waals surface area contributed by atoms with E-state index in [1.807, 2.05) is 6.08 Å². The highest BCUT2D eigenvalue weighted by Crippen LogP contribution is 2.58. The van der Waals surface area contributed by atoms with Crippen molar-refractivity contribution >= 4 is 0 Å². The first-order valence-electron chi connectivity index (χ1n) is 4.57. The molecule has 68 valence electrons. The molecule has 0 aliphatic heterocycles. The fraction of sp³-hybridized carbons (Fsp3) is 0.800. The molecule has 0 spiro atoms. The third-order valence-electron chi connectivity index (χ3n) is 3.77. The van der Waals surface area contributed by atoms with E-state index in [9.17, 15) is 5.11 Å². The lowest BCUT2D eigenvalue weighted by atomic mass is 9.48. The topological polar surface area (TPSA) is 40.5 Å². The van der Waals surface area contributed by atoms with Gasteiger partial charge in [0.25, 0.3) is 0 Å². The molecule has 0 heterocycles. The number of hydrogen-bond donors (Lipinski definition) is 2. The van der Waals surface area contributed by atoms with Crippen LogP contribution >= 0.6 is 0 Å². The summed E-state index contributed by atoms with van der Waals surface area (Å²) in [4.78, 5) is 0. The Kier molecular flexibility index (Phi) is 1.61. The Morgan fingerprint density at radius 2 is 2.25 bits per heavy atom. The molecular formula is C10H16O2. The SMILES string of the molecule is CC1(C)[C@@H]2C[C@H]1C(CO)=C[C@@H]2O. The molecule has 0 aromatic carbocycles. The van der Waals surface area contributed by atoms with Crippen LogP contribution in [0.3, 0.4) is 0 Å². The molecule has 0 aromatic heterocycles. The van der Waals surface area contributed by atoms with Crippen LogP contribution in [0.1, 0.15) is 20.3 Å². The van der Waals surface area contributed by atoms with E-state index in [1.165, 1.54) is 0 Å². The lowest BCUT2D eigenvalue weighted by Crippen LogP contribution is -2.54. The lowest BCUT2D eigenvalue weighted by molar-refractivity contribution is -0.0802. The standard InChI is InChI=1S/C10H16O2/c1-10(2)7-4-8(10)9(12)3-6(7)5-11/h3,7-9,11-12H,4-5H2,1-2H3/t7-,8+,9-/m0/s1. The molecule has 3 rings (SSSR count). The van der Waals surface area contributed by atoms with Crippen molar-refractivity contribution in [3.8, 4) is 0 Å². The maximum Gasteiger partial charge on any atom is 0.0758 e. The molecule has 2 nitrogen and oxygen atoms in total. The van der Waals surface area contributed by atoms with Gasteiger partial charge in [-0.1, -0.05) is 19.9 Å². The van der Waals surface area contributed by atoms with Crippen LogP contribution in [0.4, 0.5) is 0 Å². The first-order chi connectivity index (χ1) is 5.57. The van der Waals surface area contributed by atoms with Crippen molar-refractivity contribution in [3.05, 3.63) is 11.6 Å². The Bertz CT molecular complexity index is 230. The summed E-state index contributed by atoms with van der Waals surface area (Å²) in [5.41, 5.74) is 1.24. The van der Waals surface area contributed by atoms with Crippen molar-refractivity contribution in [2.75, 3.05) is 6.61 Å². The third-order valence-corrected chi connectivity index (χ3v) is 3.77. The number of fused-ring (bicyclic) bond motifs is 1. The first-order valence-corrected chi connectivity index (χ1v) is 4.57. The fourth-order valence-electron chi connectivity index (χ4n) is 2.78. The molecule has 0 saturated heterocycles. The number of hydrogen-bond acceptors (Lipinski definition) is 2. The summed E-state index contributed by atoms with van der Waals surface area (Å²) in [6, 6.07) is 0. The summed E-state index contributed by atoms with van der Waals surface area (Å²) in [7, 11) is 0. The number of rotatable bonds is 1. The van der Waals surface area contributed by atoms with E-state index in [0.717, 1.165) is 12.0 Å². The van der Waals surface area contributed by atoms with Crippen LogP contribution in [0.2, 0.25) is 0 Å². The average Bonchev–Trinajstić information content (AvgIpc) is 2.02. The summed E-state index contributed by atoms with van der Waals surface area (Å²) in [5, 5.41) is 18.7. The zero-order chi connectivity index (χ0) is 8.93. The second kappa shape index (κ2) is 2.33. The van der Waals surface area contributed by atoms with E-state index in [1.54, 1.807) is 0 Å². The summed E-state index contributed by atoms with van der Waals surface area (Å²) < 4.78 is 0. The van der Waals surface area contributed by atoms with Gasteiger partial charge in [0.1, 0.15) is 0 Å². The molecule has 1 saturated carbocycles. The molecule has 0 aromatic rings. The summed E-state index contributed by atoms with van der Waals surface area (Å²) in [6.45, 7) is 4.47. The first kappa shape index (κ1) is 8.27. The van der Waals surface area contributed by atoms with E-state index in [0.29, 0.717) is 11.8 Å². The summed E-state index contributed by atoms with van der Waals surface area (Å²) >= 11 is 0. The van der Waals surface area contributed by atoms with Crippen molar-refractivity contribution in [2.24, 2.45) is 17.3 Å². The fourth-order valence-corrected chi connectivity index (χ4v) is 2.78. The van der Waals surface area contributed by atoms with Gasteiger partial charge in [-0.3, -0.25) is 0 Å². The van der Waals surface area contributed by atoms with Crippen molar-refractivity contribution < 1.29 is 10.2 Å². The zero-order valence-electron chi connectivity index (χ0n) is 7.62. The van der Waals surface area contributed by atoms with Crippen LogP contribution in [0.25, 0.3) is 0 Å². The minimum atomic E-state index is -0.327. The van der Waals surface area contributed by atoms with Crippen molar-refractivity contribution in [2.45, 2.75) is 26.4 Å². The molecule has 3 atom stereocenters. The van der Waals surface area contributed by atoms with Gasteiger partial charge in [-0.25, -0.2) is 0 Å². The third kappa shape index (κ3) is 0.824. The Hall–Kier alpha value is -0.340. The van der Waals surface area contributed by atoms with Gasteiger partial charge in [-0.05, 0) is 29.2 Å². The minimum Gasteiger partial charge on any atom is -0.392 e. The maximum atomic E-state index is 9.67. The Labute approximate surface area is 72.9 Å². The molecule has 0 unspecified atom stereocenters. The average molecular weight is 168 g/mol. The summed E-state index contributed by atoms with van der Waals surface area (Å²) in [5.74, 6) is 0.925. The maximum absolute atomic E-state index is 9.67. The molecule has 3 aliphatic carbocycles. The molecule has 12 heavy (non-hydrogen) atoms. The molecule has 0 radical (unpaired) electrons. The van der Waals surface area contributed by atoms with Crippen molar-refractivity contribution in [1.82, 2.24) is 0 Å². The largest absolute Gasteiger partial charge is 0.392 e. The van der Waals surface area contributed by atoms with E-state index in [-0.39, 0.29) is 18.1 Å². The highest BCUT2D eigenvalue weighted by Gasteiger charge is 2.54. The Balaban J connectivity index is 2.30. The quantitative estimate of drug-likeness (QED) is 0.572. The van der Waals surface area contributed by atoms with Gasteiger partial charge >= 0.3 is 0 Å². The number of aliphatic hydroxyl groups excluding tert-OH is 2. The Morgan fingerprint density at radius 1 is 1.58 bits per heavy atom. The smallest absolute Gasteiger partial charge is 0.0758 e. The van der Waals surface area contributed by atoms with Crippen LogP contribution in [0.5, 0.6) is 0 Å². The van der Waals surface area contributed by atoms with E-state index in [4.69, 9.17) is 5.11 Å². The van der Waals surface area contributed by atoms with Crippen LogP contribution in [-0.4, -0.2) is 22.9 Å². The zero-order valence-corrected chi connectivity index (χ0v) is 7.62. The molecule has 1 fully saturated rings. The predicted octanol–water partition coefficient (Wildman–Crippen LogP) is 0.942. The normalized spacial score (nSPS) is 43.3. The molecule has 2 heteroatoms. The molecule has 3 aliphatic rings. The minimum absolute atomic E-state index is 0.109. The highest BCUT2D eigenvalue weighted by molar-refractivity contribution is 5.26. The van der Waals surface area contributed by atoms with Gasteiger partial charge in [-0.15, -0.1) is 0 Å². The van der Waals surface area contributed by atoms with Gasteiger partial charge in [0.2, 0.25) is 0 Å². The van der Waals surface area contributed by atoms with Gasteiger partial charge in [-0.2, -0.15) is 0 Å². The van der Waals surface area contributed by atoms with Gasteiger partial charge in [0.15, 0.2) is 0 Å². The van der Waals surface area contributed by atoms with Crippen LogP contribution in [-0.2, 0) is 0 Å².